The molecule has 0 atom stereocenters. The molecule has 0 aromatic heterocycles. The maximum Gasteiger partial charge on any atom is 0.223 e. The minimum atomic E-state index is 0.318. The van der Waals surface area contributed by atoms with Crippen LogP contribution in [-0.4, -0.2) is 22.9 Å². The quantitative estimate of drug-likeness (QED) is 0.173. The second-order valence-electron chi connectivity index (χ2n) is 9.75. The van der Waals surface area contributed by atoms with Crippen LogP contribution in [0.15, 0.2) is 0 Å². The van der Waals surface area contributed by atoms with E-state index < -0.39 is 0 Å². The number of carbonyl (C=O) groups excluding carboxylic acids is 1. The fourth-order valence-electron chi connectivity index (χ4n) is 4.48. The molecule has 2 heteroatoms. The van der Waals surface area contributed by atoms with Gasteiger partial charge in [-0.25, -0.2) is 0 Å². The Morgan fingerprint density at radius 3 is 1.07 bits per heavy atom. The van der Waals surface area contributed by atoms with Crippen molar-refractivity contribution in [3.8, 4) is 0 Å². The van der Waals surface area contributed by atoms with Crippen LogP contribution in [0.5, 0.6) is 0 Å². The molecule has 0 aliphatic rings. The van der Waals surface area contributed by atoms with Crippen molar-refractivity contribution < 1.29 is 4.79 Å². The van der Waals surface area contributed by atoms with Crippen molar-refractivity contribution in [3.05, 3.63) is 0 Å². The van der Waals surface area contributed by atoms with Crippen LogP contribution in [0.3, 0.4) is 0 Å². The number of amides is 1. The van der Waals surface area contributed by atoms with Crippen molar-refractivity contribution in [1.29, 1.82) is 0 Å². The Labute approximate surface area is 184 Å². The molecule has 0 aliphatic carbocycles. The summed E-state index contributed by atoms with van der Waals surface area (Å²) < 4.78 is 0. The van der Waals surface area contributed by atoms with Crippen LogP contribution in [0, 0.1) is 0 Å². The third kappa shape index (κ3) is 18.0. The van der Waals surface area contributed by atoms with E-state index in [1.54, 1.807) is 0 Å². The molecule has 0 spiro atoms. The van der Waals surface area contributed by atoms with Crippen LogP contribution in [0.25, 0.3) is 0 Å². The molecule has 0 aliphatic heterocycles. The molecule has 0 bridgehead atoms. The topological polar surface area (TPSA) is 20.3 Å². The molecule has 0 unspecified atom stereocenters. The van der Waals surface area contributed by atoms with E-state index in [-0.39, 0.29) is 0 Å². The number of rotatable bonds is 21. The zero-order valence-electron chi connectivity index (χ0n) is 20.9. The predicted octanol–water partition coefficient (Wildman–Crippen LogP) is 9.06. The fraction of sp³-hybridized carbons (Fsp3) is 0.963. The monoisotopic (exact) mass is 409 g/mol. The molecule has 0 rings (SSSR count). The second-order valence-corrected chi connectivity index (χ2v) is 9.75. The Kier molecular flexibility index (Phi) is 20.4. The predicted molar refractivity (Wildman–Crippen MR) is 131 cm³/mol. The summed E-state index contributed by atoms with van der Waals surface area (Å²) in [4.78, 5) is 14.4. The molecule has 0 radical (unpaired) electrons. The van der Waals surface area contributed by atoms with E-state index in [0.29, 0.717) is 18.0 Å². The second kappa shape index (κ2) is 20.7. The molecule has 0 aromatic rings. The minimum Gasteiger partial charge on any atom is -0.338 e. The van der Waals surface area contributed by atoms with E-state index in [0.717, 1.165) is 12.8 Å². The van der Waals surface area contributed by atoms with Gasteiger partial charge < -0.3 is 4.90 Å². The van der Waals surface area contributed by atoms with Gasteiger partial charge in [-0.2, -0.15) is 0 Å². The van der Waals surface area contributed by atoms with Crippen LogP contribution >= 0.6 is 0 Å². The summed E-state index contributed by atoms with van der Waals surface area (Å²) >= 11 is 0. The Hall–Kier alpha value is -0.530. The first kappa shape index (κ1) is 28.5. The number of hydrogen-bond acceptors (Lipinski definition) is 1. The smallest absolute Gasteiger partial charge is 0.223 e. The van der Waals surface area contributed by atoms with E-state index >= 15 is 0 Å². The van der Waals surface area contributed by atoms with E-state index in [1.807, 2.05) is 4.90 Å². The summed E-state index contributed by atoms with van der Waals surface area (Å²) in [6.45, 7) is 10.8. The molecule has 0 fully saturated rings. The van der Waals surface area contributed by atoms with Gasteiger partial charge in [-0.3, -0.25) is 4.79 Å². The van der Waals surface area contributed by atoms with Crippen LogP contribution in [0.4, 0.5) is 0 Å². The van der Waals surface area contributed by atoms with Gasteiger partial charge in [0.15, 0.2) is 0 Å². The third-order valence-corrected chi connectivity index (χ3v) is 6.14. The number of carbonyl (C=O) groups is 1. The Bertz CT molecular complexity index is 342. The third-order valence-electron chi connectivity index (χ3n) is 6.14. The Balaban J connectivity index is 3.29. The summed E-state index contributed by atoms with van der Waals surface area (Å²) in [7, 11) is 0. The first-order valence-electron chi connectivity index (χ1n) is 13.3. The zero-order chi connectivity index (χ0) is 21.7. The molecule has 0 aromatic carbocycles. The summed E-state index contributed by atoms with van der Waals surface area (Å²) in [6, 6.07) is 0.635. The lowest BCUT2D eigenvalue weighted by atomic mass is 10.0. The van der Waals surface area contributed by atoms with Gasteiger partial charge in [0.1, 0.15) is 0 Å². The van der Waals surface area contributed by atoms with Crippen molar-refractivity contribution in [2.75, 3.05) is 0 Å². The zero-order valence-corrected chi connectivity index (χ0v) is 20.9. The number of nitrogens with zero attached hydrogens (tertiary/aromatic N) is 1. The average Bonchev–Trinajstić information content (AvgIpc) is 2.66. The molecule has 174 valence electrons. The molecular formula is C27H55NO. The summed E-state index contributed by atoms with van der Waals surface area (Å²) in [6.07, 6.45) is 25.7. The molecule has 29 heavy (non-hydrogen) atoms. The highest BCUT2D eigenvalue weighted by Gasteiger charge is 2.18. The molecular weight excluding hydrogens is 354 g/mol. The Morgan fingerprint density at radius 2 is 0.793 bits per heavy atom. The van der Waals surface area contributed by atoms with Crippen molar-refractivity contribution in [2.45, 2.75) is 169 Å². The van der Waals surface area contributed by atoms with Gasteiger partial charge >= 0.3 is 0 Å². The number of hydrogen-bond donors (Lipinski definition) is 0. The van der Waals surface area contributed by atoms with E-state index in [4.69, 9.17) is 0 Å². The van der Waals surface area contributed by atoms with Gasteiger partial charge in [-0.1, -0.05) is 116 Å². The van der Waals surface area contributed by atoms with Crippen LogP contribution in [0.1, 0.15) is 157 Å². The van der Waals surface area contributed by atoms with Gasteiger partial charge in [0, 0.05) is 18.5 Å². The lowest BCUT2D eigenvalue weighted by Crippen LogP contribution is -2.41. The lowest BCUT2D eigenvalue weighted by molar-refractivity contribution is -0.134. The van der Waals surface area contributed by atoms with Crippen molar-refractivity contribution in [3.63, 3.8) is 0 Å². The largest absolute Gasteiger partial charge is 0.338 e. The van der Waals surface area contributed by atoms with Crippen molar-refractivity contribution >= 4 is 5.91 Å². The van der Waals surface area contributed by atoms with Gasteiger partial charge in [0.2, 0.25) is 5.91 Å². The first-order chi connectivity index (χ1) is 14.0. The average molecular weight is 410 g/mol. The lowest BCUT2D eigenvalue weighted by Gasteiger charge is -2.30. The Morgan fingerprint density at radius 1 is 0.517 bits per heavy atom. The summed E-state index contributed by atoms with van der Waals surface area (Å²) in [5, 5.41) is 0. The minimum absolute atomic E-state index is 0.318. The molecule has 0 saturated carbocycles. The van der Waals surface area contributed by atoms with E-state index in [2.05, 4.69) is 34.6 Å². The first-order valence-corrected chi connectivity index (χ1v) is 13.3. The van der Waals surface area contributed by atoms with Crippen LogP contribution in [0.2, 0.25) is 0 Å². The molecule has 0 saturated heterocycles. The van der Waals surface area contributed by atoms with Gasteiger partial charge in [-0.05, 0) is 34.1 Å². The maximum atomic E-state index is 12.3. The molecule has 2 nitrogen and oxygen atoms in total. The normalized spacial score (nSPS) is 11.6. The molecule has 1 amide bonds. The highest BCUT2D eigenvalue weighted by atomic mass is 16.2. The standard InChI is InChI=1S/C27H55NO/c1-6-7-8-9-10-11-12-13-14-15-16-17-18-19-20-21-22-23-24-27(29)28(25(2)3)26(4)5/h25-26H,6-24H2,1-5H3. The van der Waals surface area contributed by atoms with Crippen molar-refractivity contribution in [1.82, 2.24) is 4.90 Å². The van der Waals surface area contributed by atoms with E-state index in [9.17, 15) is 4.79 Å². The summed E-state index contributed by atoms with van der Waals surface area (Å²) in [5.74, 6) is 0.339. The summed E-state index contributed by atoms with van der Waals surface area (Å²) in [5.41, 5.74) is 0. The van der Waals surface area contributed by atoms with Crippen LogP contribution < -0.4 is 0 Å². The SMILES string of the molecule is CCCCCCCCCCCCCCCCCCCCC(=O)N(C(C)C)C(C)C. The van der Waals surface area contributed by atoms with Gasteiger partial charge in [-0.15, -0.1) is 0 Å². The van der Waals surface area contributed by atoms with Crippen molar-refractivity contribution in [2.24, 2.45) is 0 Å². The van der Waals surface area contributed by atoms with E-state index in [1.165, 1.54) is 109 Å². The fourth-order valence-corrected chi connectivity index (χ4v) is 4.48. The van der Waals surface area contributed by atoms with Crippen LogP contribution in [-0.2, 0) is 4.79 Å². The molecule has 0 heterocycles. The molecule has 0 N–H and O–H groups in total. The number of unbranched alkanes of at least 4 members (excludes halogenated alkanes) is 17. The van der Waals surface area contributed by atoms with Gasteiger partial charge in [0.05, 0.1) is 0 Å². The highest BCUT2D eigenvalue weighted by molar-refractivity contribution is 5.76. The van der Waals surface area contributed by atoms with Gasteiger partial charge in [0.25, 0.3) is 0 Å². The highest BCUT2D eigenvalue weighted by Crippen LogP contribution is 2.15. The maximum absolute atomic E-state index is 12.3.